The van der Waals surface area contributed by atoms with Crippen molar-refractivity contribution >= 4 is 23.6 Å². The summed E-state index contributed by atoms with van der Waals surface area (Å²) in [5.74, 6) is 0.812. The summed E-state index contributed by atoms with van der Waals surface area (Å²) in [5.41, 5.74) is 2.63. The number of benzene rings is 1. The molecule has 1 heterocycles. The molecule has 0 fully saturated rings. The van der Waals surface area contributed by atoms with E-state index in [1.807, 2.05) is 26.0 Å². The van der Waals surface area contributed by atoms with Crippen molar-refractivity contribution in [1.29, 1.82) is 0 Å². The lowest BCUT2D eigenvalue weighted by atomic mass is 10.2. The number of aromatic nitrogens is 1. The number of pyridine rings is 1. The molecular weight excluding hydrogens is 340 g/mol. The summed E-state index contributed by atoms with van der Waals surface area (Å²) in [6.07, 6.45) is 4.83. The van der Waals surface area contributed by atoms with E-state index in [0.29, 0.717) is 29.7 Å². The van der Waals surface area contributed by atoms with Gasteiger partial charge in [-0.05, 0) is 49.2 Å². The van der Waals surface area contributed by atoms with Crippen LogP contribution in [0, 0.1) is 6.92 Å². The number of hydrogen-bond donors (Lipinski definition) is 1. The van der Waals surface area contributed by atoms with Crippen LogP contribution in [-0.4, -0.2) is 24.6 Å². The molecule has 1 aromatic heterocycles. The molecular formula is C19H21ClN2O3. The molecule has 0 spiro atoms. The summed E-state index contributed by atoms with van der Waals surface area (Å²) in [7, 11) is 1.53. The monoisotopic (exact) mass is 360 g/mol. The number of ether oxygens (including phenoxy) is 2. The van der Waals surface area contributed by atoms with Crippen molar-refractivity contribution in [1.82, 2.24) is 10.3 Å². The fraction of sp³-hybridized carbons (Fsp3) is 0.263. The molecule has 1 amide bonds. The molecule has 0 atom stereocenters. The molecule has 6 heteroatoms. The average molecular weight is 361 g/mol. The van der Waals surface area contributed by atoms with Crippen LogP contribution < -0.4 is 14.8 Å². The van der Waals surface area contributed by atoms with Gasteiger partial charge in [0.1, 0.15) is 0 Å². The standard InChI is InChI=1S/C19H21ClN2O3/c1-4-25-17-11-14(10-15(20)19(17)24-3)7-8-18(23)22-12-16-13(2)6-5-9-21-16/h5-11H,4,12H2,1-3H3,(H,22,23)/b8-7+. The molecule has 0 saturated heterocycles. The Hall–Kier alpha value is -2.53. The van der Waals surface area contributed by atoms with Crippen LogP contribution in [0.1, 0.15) is 23.7 Å². The first-order valence-corrected chi connectivity index (χ1v) is 8.29. The number of nitrogens with one attached hydrogen (secondary N) is 1. The summed E-state index contributed by atoms with van der Waals surface area (Å²) in [6, 6.07) is 7.32. The van der Waals surface area contributed by atoms with E-state index in [-0.39, 0.29) is 5.91 Å². The zero-order valence-electron chi connectivity index (χ0n) is 14.5. The van der Waals surface area contributed by atoms with Crippen molar-refractivity contribution in [2.75, 3.05) is 13.7 Å². The minimum atomic E-state index is -0.213. The van der Waals surface area contributed by atoms with E-state index >= 15 is 0 Å². The molecule has 2 aromatic rings. The molecule has 2 rings (SSSR count). The van der Waals surface area contributed by atoms with Gasteiger partial charge in [0.05, 0.1) is 31.0 Å². The van der Waals surface area contributed by atoms with Crippen molar-refractivity contribution in [3.05, 3.63) is 58.4 Å². The average Bonchev–Trinajstić information content (AvgIpc) is 2.59. The molecule has 0 saturated carbocycles. The molecule has 132 valence electrons. The second kappa shape index (κ2) is 9.08. The summed E-state index contributed by atoms with van der Waals surface area (Å²) < 4.78 is 10.8. The third kappa shape index (κ3) is 5.22. The number of aryl methyl sites for hydroxylation is 1. The molecule has 1 aromatic carbocycles. The largest absolute Gasteiger partial charge is 0.491 e. The molecule has 1 N–H and O–H groups in total. The highest BCUT2D eigenvalue weighted by Crippen LogP contribution is 2.36. The van der Waals surface area contributed by atoms with Gasteiger partial charge in [-0.15, -0.1) is 0 Å². The Bertz CT molecular complexity index is 775. The van der Waals surface area contributed by atoms with Gasteiger partial charge in [-0.3, -0.25) is 9.78 Å². The van der Waals surface area contributed by atoms with Crippen molar-refractivity contribution in [3.63, 3.8) is 0 Å². The van der Waals surface area contributed by atoms with Gasteiger partial charge < -0.3 is 14.8 Å². The first-order valence-electron chi connectivity index (χ1n) is 7.92. The van der Waals surface area contributed by atoms with Gasteiger partial charge in [0, 0.05) is 12.3 Å². The number of nitrogens with zero attached hydrogens (tertiary/aromatic N) is 1. The molecule has 0 aliphatic heterocycles. The van der Waals surface area contributed by atoms with Gasteiger partial charge in [0.15, 0.2) is 11.5 Å². The van der Waals surface area contributed by atoms with Crippen molar-refractivity contribution in [2.24, 2.45) is 0 Å². The van der Waals surface area contributed by atoms with Crippen LogP contribution in [0.4, 0.5) is 0 Å². The highest BCUT2D eigenvalue weighted by atomic mass is 35.5. The number of amides is 1. The molecule has 5 nitrogen and oxygen atoms in total. The van der Waals surface area contributed by atoms with Crippen LogP contribution in [0.2, 0.25) is 5.02 Å². The molecule has 0 radical (unpaired) electrons. The Kier molecular flexibility index (Phi) is 6.83. The lowest BCUT2D eigenvalue weighted by Gasteiger charge is -2.11. The third-order valence-electron chi connectivity index (χ3n) is 3.51. The maximum atomic E-state index is 12.0. The van der Waals surface area contributed by atoms with Crippen LogP contribution in [0.25, 0.3) is 6.08 Å². The van der Waals surface area contributed by atoms with E-state index in [1.165, 1.54) is 13.2 Å². The summed E-state index contributed by atoms with van der Waals surface area (Å²) in [6.45, 7) is 4.70. The van der Waals surface area contributed by atoms with E-state index < -0.39 is 0 Å². The molecule has 0 aliphatic rings. The molecule has 25 heavy (non-hydrogen) atoms. The highest BCUT2D eigenvalue weighted by molar-refractivity contribution is 6.32. The zero-order chi connectivity index (χ0) is 18.2. The maximum absolute atomic E-state index is 12.0. The zero-order valence-corrected chi connectivity index (χ0v) is 15.3. The van der Waals surface area contributed by atoms with Gasteiger partial charge >= 0.3 is 0 Å². The first kappa shape index (κ1) is 18.8. The van der Waals surface area contributed by atoms with Gasteiger partial charge in [0.2, 0.25) is 5.91 Å². The summed E-state index contributed by atoms with van der Waals surface area (Å²) in [4.78, 5) is 16.2. The molecule has 0 unspecified atom stereocenters. The number of rotatable bonds is 7. The number of halogens is 1. The Labute approximate surface area is 152 Å². The van der Waals surface area contributed by atoms with Gasteiger partial charge in [-0.2, -0.15) is 0 Å². The number of carbonyl (C=O) groups is 1. The Morgan fingerprint density at radius 3 is 2.88 bits per heavy atom. The van der Waals surface area contributed by atoms with E-state index in [1.54, 1.807) is 24.4 Å². The topological polar surface area (TPSA) is 60.5 Å². The fourth-order valence-electron chi connectivity index (χ4n) is 2.25. The fourth-order valence-corrected chi connectivity index (χ4v) is 2.55. The SMILES string of the molecule is CCOc1cc(/C=C/C(=O)NCc2ncccc2C)cc(Cl)c1OC. The minimum absolute atomic E-state index is 0.213. The maximum Gasteiger partial charge on any atom is 0.244 e. The predicted octanol–water partition coefficient (Wildman–Crippen LogP) is 3.78. The predicted molar refractivity (Wildman–Crippen MR) is 99.0 cm³/mol. The quantitative estimate of drug-likeness (QED) is 0.763. The van der Waals surface area contributed by atoms with Crippen LogP contribution >= 0.6 is 11.6 Å². The number of methoxy groups -OCH3 is 1. The summed E-state index contributed by atoms with van der Waals surface area (Å²) >= 11 is 6.20. The van der Waals surface area contributed by atoms with Crippen molar-refractivity contribution < 1.29 is 14.3 Å². The van der Waals surface area contributed by atoms with Crippen molar-refractivity contribution in [3.8, 4) is 11.5 Å². The van der Waals surface area contributed by atoms with Crippen LogP contribution in [-0.2, 0) is 11.3 Å². The lowest BCUT2D eigenvalue weighted by molar-refractivity contribution is -0.116. The Balaban J connectivity index is 2.05. The van der Waals surface area contributed by atoms with E-state index in [9.17, 15) is 4.79 Å². The third-order valence-corrected chi connectivity index (χ3v) is 3.79. The minimum Gasteiger partial charge on any atom is -0.491 e. The normalized spacial score (nSPS) is 10.7. The van der Waals surface area contributed by atoms with Gasteiger partial charge in [-0.1, -0.05) is 17.7 Å². The first-order chi connectivity index (χ1) is 12.0. The van der Waals surface area contributed by atoms with Gasteiger partial charge in [-0.25, -0.2) is 0 Å². The second-order valence-electron chi connectivity index (χ2n) is 5.29. The van der Waals surface area contributed by atoms with E-state index in [2.05, 4.69) is 10.3 Å². The second-order valence-corrected chi connectivity index (χ2v) is 5.69. The van der Waals surface area contributed by atoms with E-state index in [4.69, 9.17) is 21.1 Å². The number of carbonyl (C=O) groups excluding carboxylic acids is 1. The lowest BCUT2D eigenvalue weighted by Crippen LogP contribution is -2.21. The van der Waals surface area contributed by atoms with Crippen molar-refractivity contribution in [2.45, 2.75) is 20.4 Å². The van der Waals surface area contributed by atoms with Crippen LogP contribution in [0.3, 0.4) is 0 Å². The highest BCUT2D eigenvalue weighted by Gasteiger charge is 2.10. The Morgan fingerprint density at radius 2 is 2.20 bits per heavy atom. The smallest absolute Gasteiger partial charge is 0.244 e. The molecule has 0 bridgehead atoms. The van der Waals surface area contributed by atoms with Crippen LogP contribution in [0.15, 0.2) is 36.5 Å². The number of hydrogen-bond acceptors (Lipinski definition) is 4. The van der Waals surface area contributed by atoms with Gasteiger partial charge in [0.25, 0.3) is 0 Å². The Morgan fingerprint density at radius 1 is 1.40 bits per heavy atom. The van der Waals surface area contributed by atoms with Crippen LogP contribution in [0.5, 0.6) is 11.5 Å². The molecule has 0 aliphatic carbocycles. The van der Waals surface area contributed by atoms with E-state index in [0.717, 1.165) is 16.8 Å². The summed E-state index contributed by atoms with van der Waals surface area (Å²) in [5, 5.41) is 3.24.